The third-order valence-electron chi connectivity index (χ3n) is 5.73. The van der Waals surface area contributed by atoms with Crippen LogP contribution in [0.25, 0.3) is 10.9 Å². The van der Waals surface area contributed by atoms with Gasteiger partial charge in [-0.05, 0) is 63.2 Å². The molecule has 7 nitrogen and oxygen atoms in total. The molecule has 0 bridgehead atoms. The van der Waals surface area contributed by atoms with Gasteiger partial charge in [-0.15, -0.1) is 0 Å². The van der Waals surface area contributed by atoms with Crippen molar-refractivity contribution in [3.63, 3.8) is 0 Å². The number of carbonyl (C=O) groups excluding carboxylic acids is 1. The molecule has 1 fully saturated rings. The van der Waals surface area contributed by atoms with E-state index in [0.717, 1.165) is 25.9 Å². The van der Waals surface area contributed by atoms with Gasteiger partial charge in [-0.2, -0.15) is 0 Å². The number of nitrogens with zero attached hydrogens (tertiary/aromatic N) is 3. The smallest absolute Gasteiger partial charge is 0.283 e. The van der Waals surface area contributed by atoms with Gasteiger partial charge in [0.25, 0.3) is 5.91 Å². The van der Waals surface area contributed by atoms with Crippen LogP contribution in [0.1, 0.15) is 12.8 Å². The molecule has 0 aliphatic carbocycles. The van der Waals surface area contributed by atoms with Crippen molar-refractivity contribution in [2.75, 3.05) is 37.4 Å². The third kappa shape index (κ3) is 5.60. The lowest BCUT2D eigenvalue weighted by atomic mass is 9.98. The van der Waals surface area contributed by atoms with E-state index in [9.17, 15) is 13.6 Å². The normalized spacial score (nSPS) is 14.7. The lowest BCUT2D eigenvalue weighted by Gasteiger charge is -2.29. The van der Waals surface area contributed by atoms with Crippen molar-refractivity contribution in [1.82, 2.24) is 14.9 Å². The summed E-state index contributed by atoms with van der Waals surface area (Å²) in [6.07, 6.45) is 3.38. The molecular formula is C24H24ClF2N5O2. The van der Waals surface area contributed by atoms with Gasteiger partial charge in [-0.25, -0.2) is 18.7 Å². The molecule has 1 amide bonds. The van der Waals surface area contributed by atoms with E-state index in [-0.39, 0.29) is 10.7 Å². The first-order chi connectivity index (χ1) is 16.3. The van der Waals surface area contributed by atoms with Crippen molar-refractivity contribution in [2.24, 2.45) is 5.92 Å². The Bertz CT molecular complexity index is 1230. The number of anilines is 3. The Morgan fingerprint density at radius 1 is 1.26 bits per heavy atom. The van der Waals surface area contributed by atoms with E-state index in [4.69, 9.17) is 16.3 Å². The van der Waals surface area contributed by atoms with Crippen LogP contribution in [0.4, 0.5) is 26.0 Å². The highest BCUT2D eigenvalue weighted by Crippen LogP contribution is 2.34. The average molecular weight is 488 g/mol. The molecule has 0 radical (unpaired) electrons. The number of rotatable bonds is 7. The van der Waals surface area contributed by atoms with Crippen LogP contribution in [0.5, 0.6) is 5.75 Å². The van der Waals surface area contributed by atoms with Gasteiger partial charge in [-0.3, -0.25) is 4.79 Å². The molecule has 0 unspecified atom stereocenters. The molecule has 178 valence electrons. The zero-order chi connectivity index (χ0) is 24.2. The monoisotopic (exact) mass is 487 g/mol. The zero-order valence-corrected chi connectivity index (χ0v) is 19.3. The number of likely N-dealkylation sites (tertiary alicyclic amines) is 1. The molecule has 0 saturated carbocycles. The van der Waals surface area contributed by atoms with Crippen LogP contribution >= 0.6 is 11.6 Å². The fourth-order valence-corrected chi connectivity index (χ4v) is 3.92. The molecule has 34 heavy (non-hydrogen) atoms. The molecule has 2 N–H and O–H groups in total. The summed E-state index contributed by atoms with van der Waals surface area (Å²) in [5.41, 5.74) is 1.32. The van der Waals surface area contributed by atoms with E-state index in [1.54, 1.807) is 12.1 Å². The van der Waals surface area contributed by atoms with Crippen LogP contribution in [0.15, 0.2) is 49.1 Å². The maximum absolute atomic E-state index is 13.5. The van der Waals surface area contributed by atoms with Gasteiger partial charge in [0.15, 0.2) is 5.83 Å². The first-order valence-electron chi connectivity index (χ1n) is 10.8. The van der Waals surface area contributed by atoms with Gasteiger partial charge in [-0.1, -0.05) is 18.2 Å². The highest BCUT2D eigenvalue weighted by atomic mass is 35.5. The van der Waals surface area contributed by atoms with Crippen LogP contribution in [0.3, 0.4) is 0 Å². The molecule has 2 aromatic carbocycles. The first-order valence-corrected chi connectivity index (χ1v) is 11.2. The number of ether oxygens (including phenoxy) is 1. The summed E-state index contributed by atoms with van der Waals surface area (Å²) in [5, 5.41) is 6.07. The van der Waals surface area contributed by atoms with Crippen LogP contribution in [0.2, 0.25) is 5.02 Å². The predicted octanol–water partition coefficient (Wildman–Crippen LogP) is 5.31. The molecule has 0 atom stereocenters. The van der Waals surface area contributed by atoms with E-state index < -0.39 is 17.6 Å². The van der Waals surface area contributed by atoms with Crippen molar-refractivity contribution >= 4 is 45.6 Å². The topological polar surface area (TPSA) is 79.4 Å². The van der Waals surface area contributed by atoms with E-state index in [1.807, 2.05) is 0 Å². The summed E-state index contributed by atoms with van der Waals surface area (Å²) in [4.78, 5) is 22.9. The maximum atomic E-state index is 13.5. The number of fused-ring (bicyclic) bond motifs is 1. The number of nitrogens with one attached hydrogen (secondary N) is 2. The largest absolute Gasteiger partial charge is 0.491 e. The quantitative estimate of drug-likeness (QED) is 0.440. The lowest BCUT2D eigenvalue weighted by Crippen LogP contribution is -2.32. The molecule has 3 aromatic rings. The Hall–Kier alpha value is -3.30. The van der Waals surface area contributed by atoms with Crippen LogP contribution in [-0.2, 0) is 4.79 Å². The van der Waals surface area contributed by atoms with Crippen LogP contribution in [0, 0.1) is 11.7 Å². The fraction of sp³-hybridized carbons (Fsp3) is 0.292. The van der Waals surface area contributed by atoms with Gasteiger partial charge < -0.3 is 20.3 Å². The molecule has 1 aliphatic heterocycles. The van der Waals surface area contributed by atoms with Gasteiger partial charge >= 0.3 is 0 Å². The van der Waals surface area contributed by atoms with Crippen molar-refractivity contribution in [3.8, 4) is 5.75 Å². The number of aromatic nitrogens is 2. The number of carbonyl (C=O) groups is 1. The molecule has 2 heterocycles. The van der Waals surface area contributed by atoms with Crippen molar-refractivity contribution in [3.05, 3.63) is 59.9 Å². The van der Waals surface area contributed by atoms with E-state index in [0.29, 0.717) is 40.7 Å². The number of hydrogen-bond donors (Lipinski definition) is 2. The minimum Gasteiger partial charge on any atom is -0.491 e. The molecule has 1 aliphatic rings. The Morgan fingerprint density at radius 2 is 2.03 bits per heavy atom. The SMILES string of the molecule is C=C(F)C(=O)Nc1cc2c(Nc3ccc(F)c(Cl)c3)ncnc2cc1OCC1CCN(C)CC1. The summed E-state index contributed by atoms with van der Waals surface area (Å²) in [5.74, 6) is -1.50. The molecule has 1 saturated heterocycles. The van der Waals surface area contributed by atoms with Crippen LogP contribution < -0.4 is 15.4 Å². The van der Waals surface area contributed by atoms with Crippen molar-refractivity contribution in [1.29, 1.82) is 0 Å². The maximum Gasteiger partial charge on any atom is 0.283 e. The molecular weight excluding hydrogens is 464 g/mol. The van der Waals surface area contributed by atoms with E-state index in [1.165, 1.54) is 24.5 Å². The first kappa shape index (κ1) is 23.8. The Labute approximate surface area is 200 Å². The minimum atomic E-state index is -1.12. The van der Waals surface area contributed by atoms with E-state index in [2.05, 4.69) is 39.1 Å². The summed E-state index contributed by atoms with van der Waals surface area (Å²) < 4.78 is 33.0. The van der Waals surface area contributed by atoms with Crippen molar-refractivity contribution < 1.29 is 18.3 Å². The van der Waals surface area contributed by atoms with Crippen molar-refractivity contribution in [2.45, 2.75) is 12.8 Å². The average Bonchev–Trinajstić information content (AvgIpc) is 2.81. The van der Waals surface area contributed by atoms with Gasteiger partial charge in [0.2, 0.25) is 0 Å². The Balaban J connectivity index is 1.66. The van der Waals surface area contributed by atoms with Gasteiger partial charge in [0, 0.05) is 17.1 Å². The summed E-state index contributed by atoms with van der Waals surface area (Å²) in [6, 6.07) is 7.46. The van der Waals surface area contributed by atoms with E-state index >= 15 is 0 Å². The highest BCUT2D eigenvalue weighted by molar-refractivity contribution is 6.31. The second-order valence-corrected chi connectivity index (χ2v) is 8.67. The molecule has 1 aromatic heterocycles. The molecule has 4 rings (SSSR count). The number of benzene rings is 2. The number of piperidine rings is 1. The number of hydrogen-bond acceptors (Lipinski definition) is 6. The molecule has 10 heteroatoms. The highest BCUT2D eigenvalue weighted by Gasteiger charge is 2.20. The second kappa shape index (κ2) is 10.3. The van der Waals surface area contributed by atoms with Gasteiger partial charge in [0.1, 0.15) is 23.7 Å². The zero-order valence-electron chi connectivity index (χ0n) is 18.6. The standard InChI is InChI=1S/C24H24ClF2N5O2/c1-14(26)24(33)31-21-10-17-20(11-22(21)34-12-15-5-7-32(2)8-6-15)28-13-29-23(17)30-16-3-4-19(27)18(25)9-16/h3-4,9-11,13,15H,1,5-8,12H2,2H3,(H,31,33)(H,28,29,30). The Kier molecular flexibility index (Phi) is 7.23. The Morgan fingerprint density at radius 3 is 2.74 bits per heavy atom. The summed E-state index contributed by atoms with van der Waals surface area (Å²) in [7, 11) is 2.09. The predicted molar refractivity (Wildman–Crippen MR) is 129 cm³/mol. The molecule has 0 spiro atoms. The fourth-order valence-electron chi connectivity index (χ4n) is 3.74. The summed E-state index contributed by atoms with van der Waals surface area (Å²) in [6.45, 7) is 5.50. The minimum absolute atomic E-state index is 0.0395. The lowest BCUT2D eigenvalue weighted by molar-refractivity contribution is -0.114. The van der Waals surface area contributed by atoms with Crippen LogP contribution in [-0.4, -0.2) is 47.5 Å². The number of halogens is 3. The third-order valence-corrected chi connectivity index (χ3v) is 6.02. The second-order valence-electron chi connectivity index (χ2n) is 8.26. The summed E-state index contributed by atoms with van der Waals surface area (Å²) >= 11 is 5.88. The van der Waals surface area contributed by atoms with Gasteiger partial charge in [0.05, 0.1) is 22.8 Å². The number of amides is 1.